The van der Waals surface area contributed by atoms with Crippen LogP contribution in [0.4, 0.5) is 0 Å². The van der Waals surface area contributed by atoms with Crippen molar-refractivity contribution in [1.82, 2.24) is 5.43 Å². The van der Waals surface area contributed by atoms with Gasteiger partial charge < -0.3 is 14.2 Å². The van der Waals surface area contributed by atoms with Crippen LogP contribution in [0.2, 0.25) is 5.02 Å². The first kappa shape index (κ1) is 24.8. The number of carbonyl (C=O) groups excluding carboxylic acids is 1. The lowest BCUT2D eigenvalue weighted by Gasteiger charge is -2.11. The third kappa shape index (κ3) is 6.87. The van der Waals surface area contributed by atoms with E-state index in [-0.39, 0.29) is 5.91 Å². The van der Waals surface area contributed by atoms with Crippen LogP contribution in [0.5, 0.6) is 17.2 Å². The van der Waals surface area contributed by atoms with E-state index >= 15 is 0 Å². The van der Waals surface area contributed by atoms with Crippen LogP contribution < -0.4 is 19.6 Å². The number of nitrogens with one attached hydrogen (secondary N) is 1. The first-order chi connectivity index (χ1) is 17.6. The molecule has 0 bridgehead atoms. The van der Waals surface area contributed by atoms with Crippen LogP contribution in [0, 0.1) is 0 Å². The van der Waals surface area contributed by atoms with E-state index in [0.29, 0.717) is 41.0 Å². The summed E-state index contributed by atoms with van der Waals surface area (Å²) in [5.74, 6) is 1.27. The number of amides is 1. The van der Waals surface area contributed by atoms with Gasteiger partial charge in [0, 0.05) is 5.02 Å². The van der Waals surface area contributed by atoms with Gasteiger partial charge in [0.15, 0.2) is 11.5 Å². The van der Waals surface area contributed by atoms with Crippen molar-refractivity contribution in [3.05, 3.63) is 124 Å². The van der Waals surface area contributed by atoms with Gasteiger partial charge >= 0.3 is 0 Å². The Morgan fingerprint density at radius 3 is 2.22 bits per heavy atom. The van der Waals surface area contributed by atoms with Crippen molar-refractivity contribution in [2.75, 3.05) is 7.11 Å². The van der Waals surface area contributed by atoms with Gasteiger partial charge in [0.2, 0.25) is 0 Å². The van der Waals surface area contributed by atoms with E-state index in [1.54, 1.807) is 49.7 Å². The van der Waals surface area contributed by atoms with E-state index in [1.165, 1.54) is 0 Å². The minimum absolute atomic E-state index is 0.309. The third-order valence-corrected chi connectivity index (χ3v) is 5.50. The number of halogens is 1. The maximum Gasteiger partial charge on any atom is 0.275 e. The predicted octanol–water partition coefficient (Wildman–Crippen LogP) is 6.27. The van der Waals surface area contributed by atoms with Gasteiger partial charge in [-0.2, -0.15) is 5.10 Å². The van der Waals surface area contributed by atoms with E-state index in [4.69, 9.17) is 25.8 Å². The van der Waals surface area contributed by atoms with Gasteiger partial charge in [-0.25, -0.2) is 5.43 Å². The number of hydrogen-bond acceptors (Lipinski definition) is 5. The number of nitrogens with zero attached hydrogens (tertiary/aromatic N) is 1. The van der Waals surface area contributed by atoms with E-state index in [2.05, 4.69) is 10.5 Å². The van der Waals surface area contributed by atoms with Gasteiger partial charge in [-0.05, 0) is 59.2 Å². The van der Waals surface area contributed by atoms with E-state index in [1.807, 2.05) is 60.7 Å². The molecule has 0 aromatic heterocycles. The van der Waals surface area contributed by atoms with Crippen LogP contribution in [-0.4, -0.2) is 19.2 Å². The third-order valence-electron chi connectivity index (χ3n) is 5.24. The summed E-state index contributed by atoms with van der Waals surface area (Å²) in [6.07, 6.45) is 1.54. The molecule has 0 saturated carbocycles. The zero-order valence-electron chi connectivity index (χ0n) is 19.7. The van der Waals surface area contributed by atoms with Crippen LogP contribution in [0.1, 0.15) is 27.0 Å². The molecule has 1 N–H and O–H groups in total. The van der Waals surface area contributed by atoms with Gasteiger partial charge in [-0.1, -0.05) is 66.2 Å². The minimum atomic E-state index is -0.382. The van der Waals surface area contributed by atoms with Crippen molar-refractivity contribution in [3.63, 3.8) is 0 Å². The molecule has 0 aliphatic carbocycles. The number of ether oxygens (including phenoxy) is 3. The SMILES string of the molecule is COc1cc(/C=N\NC(=O)c2ccccc2OCc2ccc(Cl)cc2)ccc1OCc1ccccc1. The molecule has 0 spiro atoms. The maximum absolute atomic E-state index is 12.7. The topological polar surface area (TPSA) is 69.2 Å². The summed E-state index contributed by atoms with van der Waals surface area (Å²) in [6, 6.07) is 29.7. The van der Waals surface area contributed by atoms with Crippen molar-refractivity contribution in [2.24, 2.45) is 5.10 Å². The van der Waals surface area contributed by atoms with Crippen LogP contribution in [0.3, 0.4) is 0 Å². The van der Waals surface area contributed by atoms with E-state index in [9.17, 15) is 4.79 Å². The lowest BCUT2D eigenvalue weighted by atomic mass is 10.2. The second-order valence-electron chi connectivity index (χ2n) is 7.79. The fourth-order valence-corrected chi connectivity index (χ4v) is 3.49. The summed E-state index contributed by atoms with van der Waals surface area (Å²) in [4.78, 5) is 12.7. The smallest absolute Gasteiger partial charge is 0.275 e. The number of benzene rings is 4. The first-order valence-electron chi connectivity index (χ1n) is 11.3. The summed E-state index contributed by atoms with van der Waals surface area (Å²) in [5.41, 5.74) is 5.68. The Balaban J connectivity index is 1.36. The Bertz CT molecular complexity index is 1320. The Labute approximate surface area is 215 Å². The summed E-state index contributed by atoms with van der Waals surface area (Å²) < 4.78 is 17.2. The minimum Gasteiger partial charge on any atom is -0.493 e. The normalized spacial score (nSPS) is 10.7. The van der Waals surface area contributed by atoms with Crippen molar-refractivity contribution in [1.29, 1.82) is 0 Å². The molecule has 182 valence electrons. The number of hydrogen-bond donors (Lipinski definition) is 1. The second kappa shape index (κ2) is 12.4. The van der Waals surface area contributed by atoms with Crippen LogP contribution in [0.25, 0.3) is 0 Å². The first-order valence-corrected chi connectivity index (χ1v) is 11.6. The molecule has 0 fully saturated rings. The number of methoxy groups -OCH3 is 1. The Kier molecular flexibility index (Phi) is 8.57. The number of hydrazone groups is 1. The molecule has 4 aromatic carbocycles. The Morgan fingerprint density at radius 1 is 0.806 bits per heavy atom. The summed E-state index contributed by atoms with van der Waals surface area (Å²) in [6.45, 7) is 0.739. The van der Waals surface area contributed by atoms with Gasteiger partial charge in [-0.3, -0.25) is 4.79 Å². The zero-order chi connectivity index (χ0) is 25.2. The average Bonchev–Trinajstić information content (AvgIpc) is 2.92. The molecule has 0 aliphatic heterocycles. The molecular formula is C29H25ClN2O4. The number of para-hydroxylation sites is 1. The fraction of sp³-hybridized carbons (Fsp3) is 0.103. The van der Waals surface area contributed by atoms with Crippen LogP contribution >= 0.6 is 11.6 Å². The van der Waals surface area contributed by atoms with Crippen molar-refractivity contribution in [3.8, 4) is 17.2 Å². The number of rotatable bonds is 10. The highest BCUT2D eigenvalue weighted by atomic mass is 35.5. The maximum atomic E-state index is 12.7. The molecule has 0 atom stereocenters. The van der Waals surface area contributed by atoms with Gasteiger partial charge in [0.1, 0.15) is 19.0 Å². The van der Waals surface area contributed by atoms with Crippen molar-refractivity contribution in [2.45, 2.75) is 13.2 Å². The lowest BCUT2D eigenvalue weighted by Crippen LogP contribution is -2.18. The lowest BCUT2D eigenvalue weighted by molar-refractivity contribution is 0.0950. The quantitative estimate of drug-likeness (QED) is 0.206. The molecule has 0 heterocycles. The standard InChI is InChI=1S/C29H25ClN2O4/c1-34-28-17-23(13-16-27(28)36-19-21-7-3-2-4-8-21)18-31-32-29(33)25-9-5-6-10-26(25)35-20-22-11-14-24(30)15-12-22/h2-18H,19-20H2,1H3,(H,32,33)/b31-18-. The average molecular weight is 501 g/mol. The summed E-state index contributed by atoms with van der Waals surface area (Å²) in [5, 5.41) is 4.75. The molecule has 36 heavy (non-hydrogen) atoms. The molecule has 1 amide bonds. The van der Waals surface area contributed by atoms with Crippen molar-refractivity contribution >= 4 is 23.7 Å². The molecule has 4 rings (SSSR count). The summed E-state index contributed by atoms with van der Waals surface area (Å²) in [7, 11) is 1.58. The summed E-state index contributed by atoms with van der Waals surface area (Å²) >= 11 is 5.93. The molecular weight excluding hydrogens is 476 g/mol. The Hall–Kier alpha value is -4.29. The fourth-order valence-electron chi connectivity index (χ4n) is 3.37. The highest BCUT2D eigenvalue weighted by molar-refractivity contribution is 6.30. The monoisotopic (exact) mass is 500 g/mol. The largest absolute Gasteiger partial charge is 0.493 e. The molecule has 7 heteroatoms. The second-order valence-corrected chi connectivity index (χ2v) is 8.23. The van der Waals surface area contributed by atoms with E-state index < -0.39 is 0 Å². The highest BCUT2D eigenvalue weighted by Gasteiger charge is 2.12. The van der Waals surface area contributed by atoms with Crippen LogP contribution in [-0.2, 0) is 13.2 Å². The highest BCUT2D eigenvalue weighted by Crippen LogP contribution is 2.28. The molecule has 0 saturated heterocycles. The van der Waals surface area contributed by atoms with Crippen LogP contribution in [0.15, 0.2) is 102 Å². The molecule has 0 unspecified atom stereocenters. The Morgan fingerprint density at radius 2 is 1.47 bits per heavy atom. The van der Waals surface area contributed by atoms with E-state index in [0.717, 1.165) is 16.7 Å². The van der Waals surface area contributed by atoms with Gasteiger partial charge in [0.05, 0.1) is 18.9 Å². The van der Waals surface area contributed by atoms with Crippen molar-refractivity contribution < 1.29 is 19.0 Å². The predicted molar refractivity (Wildman–Crippen MR) is 141 cm³/mol. The van der Waals surface area contributed by atoms with Gasteiger partial charge in [0.25, 0.3) is 5.91 Å². The zero-order valence-corrected chi connectivity index (χ0v) is 20.4. The molecule has 0 radical (unpaired) electrons. The number of carbonyl (C=O) groups is 1. The molecule has 6 nitrogen and oxygen atoms in total. The molecule has 0 aliphatic rings. The molecule has 4 aromatic rings. The van der Waals surface area contributed by atoms with Gasteiger partial charge in [-0.15, -0.1) is 0 Å².